The highest BCUT2D eigenvalue weighted by Crippen LogP contribution is 2.29. The minimum atomic E-state index is 0.484. The molecule has 1 aliphatic heterocycles. The summed E-state index contributed by atoms with van der Waals surface area (Å²) >= 11 is 5.34. The zero-order valence-electron chi connectivity index (χ0n) is 5.38. The zero-order valence-corrected chi connectivity index (χ0v) is 7.78. The lowest BCUT2D eigenvalue weighted by molar-refractivity contribution is 0.429. The Kier molecular flexibility index (Phi) is 2.92. The molecule has 1 rings (SSSR count). The SMILES string of the molecule is CCCN1C=CSC1Br. The lowest BCUT2D eigenvalue weighted by Gasteiger charge is -2.18. The Hall–Kier alpha value is 0.370. The van der Waals surface area contributed by atoms with Crippen molar-refractivity contribution in [3.05, 3.63) is 11.6 Å². The van der Waals surface area contributed by atoms with Crippen LogP contribution >= 0.6 is 27.7 Å². The molecule has 52 valence electrons. The van der Waals surface area contributed by atoms with E-state index in [9.17, 15) is 0 Å². The predicted octanol–water partition coefficient (Wildman–Crippen LogP) is 2.59. The molecule has 0 bridgehead atoms. The minimum Gasteiger partial charge on any atom is -0.356 e. The number of alkyl halides is 1. The Morgan fingerprint density at radius 3 is 3.00 bits per heavy atom. The molecule has 3 heteroatoms. The quantitative estimate of drug-likeness (QED) is 0.506. The molecule has 0 aromatic rings. The zero-order chi connectivity index (χ0) is 6.69. The van der Waals surface area contributed by atoms with E-state index in [4.69, 9.17) is 0 Å². The van der Waals surface area contributed by atoms with Crippen molar-refractivity contribution in [2.45, 2.75) is 17.6 Å². The molecule has 1 heterocycles. The van der Waals surface area contributed by atoms with Crippen molar-refractivity contribution in [3.8, 4) is 0 Å². The van der Waals surface area contributed by atoms with Crippen molar-refractivity contribution in [3.63, 3.8) is 0 Å². The Morgan fingerprint density at radius 1 is 1.78 bits per heavy atom. The van der Waals surface area contributed by atoms with Crippen LogP contribution < -0.4 is 0 Å². The molecule has 1 nitrogen and oxygen atoms in total. The third-order valence-electron chi connectivity index (χ3n) is 1.19. The third-order valence-corrected chi connectivity index (χ3v) is 3.13. The molecule has 0 radical (unpaired) electrons. The van der Waals surface area contributed by atoms with Crippen LogP contribution in [0.4, 0.5) is 0 Å². The second-order valence-corrected chi connectivity index (χ2v) is 4.42. The smallest absolute Gasteiger partial charge is 0.135 e. The van der Waals surface area contributed by atoms with Gasteiger partial charge in [0.15, 0.2) is 0 Å². The van der Waals surface area contributed by atoms with E-state index in [0.717, 1.165) is 6.54 Å². The molecule has 0 aromatic heterocycles. The van der Waals surface area contributed by atoms with Crippen LogP contribution in [0.5, 0.6) is 0 Å². The van der Waals surface area contributed by atoms with E-state index in [-0.39, 0.29) is 0 Å². The second-order valence-electron chi connectivity index (χ2n) is 1.95. The predicted molar refractivity (Wildman–Crippen MR) is 46.4 cm³/mol. The Bertz CT molecular complexity index is 116. The maximum absolute atomic E-state index is 3.53. The molecule has 0 saturated carbocycles. The molecule has 0 saturated heterocycles. The van der Waals surface area contributed by atoms with Gasteiger partial charge in [-0.2, -0.15) is 0 Å². The second kappa shape index (κ2) is 3.52. The minimum absolute atomic E-state index is 0.484. The van der Waals surface area contributed by atoms with Crippen molar-refractivity contribution in [1.29, 1.82) is 0 Å². The van der Waals surface area contributed by atoms with Crippen LogP contribution in [-0.2, 0) is 0 Å². The van der Waals surface area contributed by atoms with E-state index in [1.54, 1.807) is 0 Å². The van der Waals surface area contributed by atoms with Crippen LogP contribution in [0.15, 0.2) is 11.6 Å². The van der Waals surface area contributed by atoms with Gasteiger partial charge >= 0.3 is 0 Å². The summed E-state index contributed by atoms with van der Waals surface area (Å²) < 4.78 is 0.484. The fourth-order valence-electron chi connectivity index (χ4n) is 0.758. The molecule has 0 fully saturated rings. The van der Waals surface area contributed by atoms with Gasteiger partial charge in [-0.05, 0) is 11.8 Å². The number of hydrogen-bond acceptors (Lipinski definition) is 2. The molecular weight excluding hydrogens is 198 g/mol. The van der Waals surface area contributed by atoms with Crippen molar-refractivity contribution in [1.82, 2.24) is 4.90 Å². The third kappa shape index (κ3) is 1.90. The van der Waals surface area contributed by atoms with Gasteiger partial charge < -0.3 is 4.90 Å². The van der Waals surface area contributed by atoms with Crippen molar-refractivity contribution in [2.75, 3.05) is 6.54 Å². The summed E-state index contributed by atoms with van der Waals surface area (Å²) in [6, 6.07) is 0. The molecule has 0 spiro atoms. The molecule has 0 N–H and O–H groups in total. The summed E-state index contributed by atoms with van der Waals surface area (Å²) in [6.07, 6.45) is 3.35. The van der Waals surface area contributed by atoms with Gasteiger partial charge in [-0.3, -0.25) is 0 Å². The normalized spacial score (nSPS) is 25.6. The van der Waals surface area contributed by atoms with Crippen LogP contribution in [0.1, 0.15) is 13.3 Å². The molecular formula is C6H10BrNS. The lowest BCUT2D eigenvalue weighted by atomic mass is 10.5. The van der Waals surface area contributed by atoms with E-state index in [1.807, 2.05) is 11.8 Å². The average Bonchev–Trinajstić information content (AvgIpc) is 2.18. The number of rotatable bonds is 2. The van der Waals surface area contributed by atoms with Gasteiger partial charge in [-0.15, -0.1) is 0 Å². The number of halogens is 1. The van der Waals surface area contributed by atoms with Crippen molar-refractivity contribution in [2.24, 2.45) is 0 Å². The molecule has 1 unspecified atom stereocenters. The first kappa shape index (κ1) is 7.48. The summed E-state index contributed by atoms with van der Waals surface area (Å²) in [5.41, 5.74) is 0. The van der Waals surface area contributed by atoms with Gasteiger partial charge in [0.2, 0.25) is 0 Å². The van der Waals surface area contributed by atoms with Gasteiger partial charge in [0.1, 0.15) is 4.28 Å². The average molecular weight is 208 g/mol. The molecule has 9 heavy (non-hydrogen) atoms. The lowest BCUT2D eigenvalue weighted by Crippen LogP contribution is -2.19. The van der Waals surface area contributed by atoms with Crippen molar-refractivity contribution < 1.29 is 0 Å². The van der Waals surface area contributed by atoms with Gasteiger partial charge in [0, 0.05) is 12.7 Å². The number of nitrogens with zero attached hydrogens (tertiary/aromatic N) is 1. The van der Waals surface area contributed by atoms with Crippen LogP contribution in [-0.4, -0.2) is 15.7 Å². The van der Waals surface area contributed by atoms with Gasteiger partial charge in [-0.25, -0.2) is 0 Å². The highest BCUT2D eigenvalue weighted by atomic mass is 79.9. The Labute approximate surface area is 68.6 Å². The fraction of sp³-hybridized carbons (Fsp3) is 0.667. The molecule has 1 atom stereocenters. The Balaban J connectivity index is 2.31. The standard InChI is InChI=1S/C6H10BrNS/c1-2-3-8-4-5-9-6(8)7/h4-6H,2-3H2,1H3. The molecule has 0 amide bonds. The van der Waals surface area contributed by atoms with E-state index in [1.165, 1.54) is 6.42 Å². The van der Waals surface area contributed by atoms with Gasteiger partial charge in [-0.1, -0.05) is 34.6 Å². The first-order valence-electron chi connectivity index (χ1n) is 3.06. The summed E-state index contributed by atoms with van der Waals surface area (Å²) in [6.45, 7) is 3.34. The van der Waals surface area contributed by atoms with Crippen LogP contribution in [0.2, 0.25) is 0 Å². The molecule has 1 aliphatic rings. The molecule has 0 aromatic carbocycles. The maximum atomic E-state index is 3.53. The fourth-order valence-corrected chi connectivity index (χ4v) is 2.16. The maximum Gasteiger partial charge on any atom is 0.135 e. The van der Waals surface area contributed by atoms with Crippen molar-refractivity contribution >= 4 is 27.7 Å². The first-order valence-corrected chi connectivity index (χ1v) is 4.92. The van der Waals surface area contributed by atoms with E-state index in [0.29, 0.717) is 4.28 Å². The van der Waals surface area contributed by atoms with E-state index >= 15 is 0 Å². The highest BCUT2D eigenvalue weighted by molar-refractivity contribution is 9.11. The van der Waals surface area contributed by atoms with Crippen LogP contribution in [0.3, 0.4) is 0 Å². The number of thioether (sulfide) groups is 1. The highest BCUT2D eigenvalue weighted by Gasteiger charge is 2.13. The van der Waals surface area contributed by atoms with Crippen LogP contribution in [0, 0.1) is 0 Å². The van der Waals surface area contributed by atoms with Crippen LogP contribution in [0.25, 0.3) is 0 Å². The summed E-state index contributed by atoms with van der Waals surface area (Å²) in [7, 11) is 0. The molecule has 0 aliphatic carbocycles. The Morgan fingerprint density at radius 2 is 2.56 bits per heavy atom. The number of hydrogen-bond donors (Lipinski definition) is 0. The first-order chi connectivity index (χ1) is 4.34. The summed E-state index contributed by atoms with van der Waals surface area (Å²) in [4.78, 5) is 2.28. The van der Waals surface area contributed by atoms with E-state index in [2.05, 4.69) is 39.4 Å². The van der Waals surface area contributed by atoms with Gasteiger partial charge in [0.05, 0.1) is 0 Å². The largest absolute Gasteiger partial charge is 0.356 e. The van der Waals surface area contributed by atoms with Gasteiger partial charge in [0.25, 0.3) is 0 Å². The topological polar surface area (TPSA) is 3.24 Å². The summed E-state index contributed by atoms with van der Waals surface area (Å²) in [5, 5.41) is 2.12. The monoisotopic (exact) mass is 207 g/mol. The van der Waals surface area contributed by atoms with E-state index < -0.39 is 0 Å². The summed E-state index contributed by atoms with van der Waals surface area (Å²) in [5.74, 6) is 0.